The number of methoxy groups -OCH3 is 1. The second-order valence-corrected chi connectivity index (χ2v) is 5.23. The molecule has 0 amide bonds. The molecule has 0 radical (unpaired) electrons. The maximum atomic E-state index is 5.69. The molecule has 18 heavy (non-hydrogen) atoms. The summed E-state index contributed by atoms with van der Waals surface area (Å²) in [5, 5.41) is 0. The minimum absolute atomic E-state index is 0.646. The van der Waals surface area contributed by atoms with Gasteiger partial charge in [0.2, 0.25) is 0 Å². The van der Waals surface area contributed by atoms with Gasteiger partial charge < -0.3 is 10.5 Å². The van der Waals surface area contributed by atoms with Gasteiger partial charge in [0.05, 0.1) is 7.11 Å². The highest BCUT2D eigenvalue weighted by molar-refractivity contribution is 5.36. The van der Waals surface area contributed by atoms with Crippen LogP contribution in [0.5, 0.6) is 5.75 Å². The first-order valence-electron chi connectivity index (χ1n) is 6.62. The van der Waals surface area contributed by atoms with E-state index in [2.05, 4.69) is 37.8 Å². The quantitative estimate of drug-likeness (QED) is 0.807. The minimum Gasteiger partial charge on any atom is -0.496 e. The van der Waals surface area contributed by atoms with Crippen LogP contribution in [0.15, 0.2) is 18.2 Å². The lowest BCUT2D eigenvalue weighted by atomic mass is 10.1. The van der Waals surface area contributed by atoms with E-state index in [4.69, 9.17) is 10.5 Å². The van der Waals surface area contributed by atoms with Gasteiger partial charge in [0.15, 0.2) is 0 Å². The molecule has 0 aromatic heterocycles. The largest absolute Gasteiger partial charge is 0.496 e. The molecule has 0 bridgehead atoms. The predicted molar refractivity (Wildman–Crippen MR) is 76.9 cm³/mol. The van der Waals surface area contributed by atoms with Crippen LogP contribution in [0.3, 0.4) is 0 Å². The monoisotopic (exact) mass is 250 g/mol. The fraction of sp³-hybridized carbons (Fsp3) is 0.600. The van der Waals surface area contributed by atoms with Crippen LogP contribution in [0.25, 0.3) is 0 Å². The topological polar surface area (TPSA) is 38.5 Å². The van der Waals surface area contributed by atoms with Gasteiger partial charge in [-0.15, -0.1) is 0 Å². The van der Waals surface area contributed by atoms with Gasteiger partial charge in [-0.05, 0) is 18.9 Å². The first-order valence-corrected chi connectivity index (χ1v) is 6.62. The lowest BCUT2D eigenvalue weighted by molar-refractivity contribution is 0.239. The van der Waals surface area contributed by atoms with Gasteiger partial charge in [0, 0.05) is 31.7 Å². The molecule has 0 atom stereocenters. The fourth-order valence-corrected chi connectivity index (χ4v) is 2.21. The predicted octanol–water partition coefficient (Wildman–Crippen LogP) is 2.42. The molecule has 0 aliphatic heterocycles. The summed E-state index contributed by atoms with van der Waals surface area (Å²) < 4.78 is 5.43. The van der Waals surface area contributed by atoms with E-state index in [-0.39, 0.29) is 0 Å². The van der Waals surface area contributed by atoms with Crippen molar-refractivity contribution in [3.63, 3.8) is 0 Å². The van der Waals surface area contributed by atoms with Crippen molar-refractivity contribution < 1.29 is 4.74 Å². The van der Waals surface area contributed by atoms with Crippen LogP contribution in [0.2, 0.25) is 0 Å². The fourth-order valence-electron chi connectivity index (χ4n) is 2.21. The Kier molecular flexibility index (Phi) is 6.16. The van der Waals surface area contributed by atoms with Crippen molar-refractivity contribution in [2.24, 2.45) is 11.7 Å². The van der Waals surface area contributed by atoms with Crippen LogP contribution in [0.1, 0.15) is 25.0 Å². The van der Waals surface area contributed by atoms with Crippen molar-refractivity contribution in [2.45, 2.75) is 27.3 Å². The summed E-state index contributed by atoms with van der Waals surface area (Å²) in [4.78, 5) is 2.39. The SMILES string of the molecule is COc1ccc(C)cc1CN(CCN)CC(C)C. The Labute approximate surface area is 111 Å². The molecule has 0 unspecified atom stereocenters. The molecule has 1 aromatic rings. The number of aryl methyl sites for hydroxylation is 1. The number of ether oxygens (including phenoxy) is 1. The third-order valence-electron chi connectivity index (χ3n) is 2.90. The van der Waals surface area contributed by atoms with Crippen LogP contribution in [-0.2, 0) is 6.54 Å². The summed E-state index contributed by atoms with van der Waals surface area (Å²) >= 11 is 0. The van der Waals surface area contributed by atoms with Crippen molar-refractivity contribution in [1.29, 1.82) is 0 Å². The van der Waals surface area contributed by atoms with E-state index >= 15 is 0 Å². The van der Waals surface area contributed by atoms with Crippen molar-refractivity contribution in [1.82, 2.24) is 4.90 Å². The molecule has 0 aliphatic rings. The van der Waals surface area contributed by atoms with Crippen molar-refractivity contribution >= 4 is 0 Å². The summed E-state index contributed by atoms with van der Waals surface area (Å²) in [6, 6.07) is 6.32. The number of hydrogen-bond acceptors (Lipinski definition) is 3. The number of hydrogen-bond donors (Lipinski definition) is 1. The Morgan fingerprint density at radius 2 is 2.06 bits per heavy atom. The molecule has 0 saturated heterocycles. The van der Waals surface area contributed by atoms with E-state index < -0.39 is 0 Å². The van der Waals surface area contributed by atoms with Gasteiger partial charge in [-0.3, -0.25) is 4.90 Å². The average Bonchev–Trinajstić information content (AvgIpc) is 2.28. The molecule has 102 valence electrons. The van der Waals surface area contributed by atoms with Crippen LogP contribution in [0.4, 0.5) is 0 Å². The van der Waals surface area contributed by atoms with Crippen molar-refractivity contribution in [3.8, 4) is 5.75 Å². The molecule has 0 aliphatic carbocycles. The number of nitrogens with zero attached hydrogens (tertiary/aromatic N) is 1. The van der Waals surface area contributed by atoms with Crippen LogP contribution >= 0.6 is 0 Å². The van der Waals surface area contributed by atoms with E-state index in [1.165, 1.54) is 11.1 Å². The highest BCUT2D eigenvalue weighted by atomic mass is 16.5. The lowest BCUT2D eigenvalue weighted by Crippen LogP contribution is -2.32. The van der Waals surface area contributed by atoms with Crippen LogP contribution in [0, 0.1) is 12.8 Å². The third kappa shape index (κ3) is 4.67. The number of nitrogens with two attached hydrogens (primary N) is 1. The summed E-state index contributed by atoms with van der Waals surface area (Å²) in [5.41, 5.74) is 8.20. The van der Waals surface area contributed by atoms with E-state index in [1.54, 1.807) is 7.11 Å². The third-order valence-corrected chi connectivity index (χ3v) is 2.90. The molecular formula is C15H26N2O. The minimum atomic E-state index is 0.646. The molecule has 0 saturated carbocycles. The second-order valence-electron chi connectivity index (χ2n) is 5.23. The molecule has 3 nitrogen and oxygen atoms in total. The summed E-state index contributed by atoms with van der Waals surface area (Å²) in [5.74, 6) is 1.61. The van der Waals surface area contributed by atoms with Gasteiger partial charge in [-0.1, -0.05) is 31.5 Å². The Hall–Kier alpha value is -1.06. The van der Waals surface area contributed by atoms with E-state index in [0.717, 1.165) is 25.4 Å². The summed E-state index contributed by atoms with van der Waals surface area (Å²) in [6.45, 7) is 10.2. The molecule has 0 fully saturated rings. The Morgan fingerprint density at radius 1 is 1.33 bits per heavy atom. The smallest absolute Gasteiger partial charge is 0.123 e. The van der Waals surface area contributed by atoms with E-state index in [0.29, 0.717) is 12.5 Å². The molecule has 0 spiro atoms. The zero-order chi connectivity index (χ0) is 13.5. The lowest BCUT2D eigenvalue weighted by Gasteiger charge is -2.24. The summed E-state index contributed by atoms with van der Waals surface area (Å²) in [6.07, 6.45) is 0. The Bertz CT molecular complexity index is 364. The van der Waals surface area contributed by atoms with Crippen LogP contribution in [-0.4, -0.2) is 31.6 Å². The normalized spacial score (nSPS) is 11.3. The highest BCUT2D eigenvalue weighted by Crippen LogP contribution is 2.21. The zero-order valence-corrected chi connectivity index (χ0v) is 12.1. The summed E-state index contributed by atoms with van der Waals surface area (Å²) in [7, 11) is 1.73. The van der Waals surface area contributed by atoms with E-state index in [9.17, 15) is 0 Å². The Balaban J connectivity index is 2.81. The molecule has 3 heteroatoms. The van der Waals surface area contributed by atoms with Gasteiger partial charge >= 0.3 is 0 Å². The molecular weight excluding hydrogens is 224 g/mol. The molecule has 2 N–H and O–H groups in total. The maximum absolute atomic E-state index is 5.69. The van der Waals surface area contributed by atoms with E-state index in [1.807, 2.05) is 6.07 Å². The van der Waals surface area contributed by atoms with Crippen molar-refractivity contribution in [3.05, 3.63) is 29.3 Å². The standard InChI is InChI=1S/C15H26N2O/c1-12(2)10-17(8-7-16)11-14-9-13(3)5-6-15(14)18-4/h5-6,9,12H,7-8,10-11,16H2,1-4H3. The van der Waals surface area contributed by atoms with Crippen molar-refractivity contribution in [2.75, 3.05) is 26.7 Å². The average molecular weight is 250 g/mol. The maximum Gasteiger partial charge on any atom is 0.123 e. The van der Waals surface area contributed by atoms with Gasteiger partial charge in [-0.2, -0.15) is 0 Å². The number of rotatable bonds is 7. The van der Waals surface area contributed by atoms with Gasteiger partial charge in [-0.25, -0.2) is 0 Å². The van der Waals surface area contributed by atoms with Gasteiger partial charge in [0.1, 0.15) is 5.75 Å². The highest BCUT2D eigenvalue weighted by Gasteiger charge is 2.11. The van der Waals surface area contributed by atoms with Crippen LogP contribution < -0.4 is 10.5 Å². The molecule has 0 heterocycles. The van der Waals surface area contributed by atoms with Gasteiger partial charge in [0.25, 0.3) is 0 Å². The first-order chi connectivity index (χ1) is 8.56. The first kappa shape index (κ1) is 15.0. The zero-order valence-electron chi connectivity index (χ0n) is 12.1. The molecule has 1 aromatic carbocycles. The number of benzene rings is 1. The Morgan fingerprint density at radius 3 is 2.61 bits per heavy atom. The molecule has 1 rings (SSSR count). The second kappa shape index (κ2) is 7.39.